The second-order valence-corrected chi connectivity index (χ2v) is 0.238. The predicted octanol–water partition coefficient (Wildman–Crippen LogP) is -4.47. The minimum Gasteiger partial charge on any atom is -0.412 e. The van der Waals surface area contributed by atoms with Gasteiger partial charge in [0, 0.05) is 36.9 Å². The van der Waals surface area contributed by atoms with Crippen molar-refractivity contribution in [1.29, 1.82) is 0 Å². The molecule has 0 rings (SSSR count). The van der Waals surface area contributed by atoms with Gasteiger partial charge in [-0.05, 0) is 0 Å². The van der Waals surface area contributed by atoms with E-state index in [0.29, 0.717) is 0 Å². The zero-order valence-corrected chi connectivity index (χ0v) is 6.27. The molecule has 0 aliphatic rings. The summed E-state index contributed by atoms with van der Waals surface area (Å²) in [6, 6.07) is 0. The van der Waals surface area contributed by atoms with Crippen LogP contribution in [0.4, 0.5) is 0 Å². The predicted molar refractivity (Wildman–Crippen MR) is 26.8 cm³/mol. The van der Waals surface area contributed by atoms with Gasteiger partial charge in [0.05, 0.1) is 0 Å². The number of hydrogen-bond donors (Lipinski definition) is 1. The Morgan fingerprint density at radius 1 is 1.00 bits per heavy atom. The van der Waals surface area contributed by atoms with Crippen molar-refractivity contribution in [3.63, 3.8) is 0 Å². The first kappa shape index (κ1) is 83.4. The van der Waals surface area contributed by atoms with Crippen LogP contribution in [0.15, 0.2) is 0 Å². The molecule has 0 aliphatic heterocycles. The van der Waals surface area contributed by atoms with Gasteiger partial charge < -0.3 is 32.6 Å². The average Bonchev–Trinajstić information content (AvgIpc) is 0.811. The summed E-state index contributed by atoms with van der Waals surface area (Å²) in [6.07, 6.45) is 0. The largest absolute Gasteiger partial charge is 0.412 e. The molecule has 0 bridgehead atoms. The molecular formula is H11NO8Tm. The summed E-state index contributed by atoms with van der Waals surface area (Å²) >= 11 is 0. The van der Waals surface area contributed by atoms with Crippen molar-refractivity contribution < 1.29 is 74.5 Å². The van der Waals surface area contributed by atoms with E-state index in [1.54, 1.807) is 0 Å². The Hall–Kier alpha value is 0.234. The van der Waals surface area contributed by atoms with Crippen molar-refractivity contribution in [2.24, 2.45) is 0 Å². The zero-order valence-electron chi connectivity index (χ0n) is 4.49. The van der Waals surface area contributed by atoms with Crippen LogP contribution in [-0.4, -0.2) is 37.7 Å². The summed E-state index contributed by atoms with van der Waals surface area (Å²) in [7, 11) is 0. The molecule has 0 atom stereocenters. The Morgan fingerprint density at radius 2 is 1.00 bits per heavy atom. The van der Waals surface area contributed by atoms with Gasteiger partial charge in [-0.3, -0.25) is 0 Å². The molecule has 10 heteroatoms. The number of nitrogens with zero attached hydrogens (tertiary/aromatic N) is 1. The molecule has 0 fully saturated rings. The van der Waals surface area contributed by atoms with Gasteiger partial charge in [0.15, 0.2) is 0 Å². The van der Waals surface area contributed by atoms with E-state index in [1.807, 2.05) is 0 Å². The Bertz CT molecular complexity index is 32.2. The van der Waals surface area contributed by atoms with Gasteiger partial charge in [0.1, 0.15) is 0 Å². The molecule has 0 spiro atoms. The molecule has 11 N–H and O–H groups in total. The number of rotatable bonds is 0. The molecule has 10 heavy (non-hydrogen) atoms. The van der Waals surface area contributed by atoms with E-state index < -0.39 is 5.09 Å². The third-order valence-corrected chi connectivity index (χ3v) is 0. The average molecular weight is 322 g/mol. The molecule has 0 saturated carbocycles. The van der Waals surface area contributed by atoms with Gasteiger partial charge >= 0.3 is 0 Å². The summed E-state index contributed by atoms with van der Waals surface area (Å²) in [5, 5.41) is 13.6. The van der Waals surface area contributed by atoms with E-state index in [4.69, 9.17) is 15.3 Å². The second-order valence-electron chi connectivity index (χ2n) is 0.238. The van der Waals surface area contributed by atoms with Crippen molar-refractivity contribution >= 4 is 0 Å². The molecule has 0 unspecified atom stereocenters. The Kier molecular flexibility index (Phi) is 499. The number of hydrogen-bond acceptors (Lipinski definition) is 2. The van der Waals surface area contributed by atoms with Gasteiger partial charge in [-0.1, -0.05) is 0 Å². The Morgan fingerprint density at radius 3 is 1.00 bits per heavy atom. The van der Waals surface area contributed by atoms with Crippen molar-refractivity contribution in [1.82, 2.24) is 0 Å². The van der Waals surface area contributed by atoms with Crippen LogP contribution in [0.5, 0.6) is 0 Å². The maximum atomic E-state index is 8.36. The fourth-order valence-corrected chi connectivity index (χ4v) is 0. The second kappa shape index (κ2) is 59.9. The molecule has 0 aliphatic carbocycles. The summed E-state index contributed by atoms with van der Waals surface area (Å²) in [6.45, 7) is 0. The molecule has 0 heterocycles. The first-order chi connectivity index (χ1) is 1.73. The van der Waals surface area contributed by atoms with E-state index in [-0.39, 0.29) is 64.3 Å². The van der Waals surface area contributed by atoms with E-state index >= 15 is 0 Å². The van der Waals surface area contributed by atoms with E-state index in [9.17, 15) is 0 Å². The van der Waals surface area contributed by atoms with E-state index in [1.165, 1.54) is 0 Å². The molecule has 77 valence electrons. The third-order valence-electron chi connectivity index (χ3n) is 0. The minimum atomic E-state index is -1.50. The molecule has 0 aromatic heterocycles. The molecule has 0 saturated heterocycles. The smallest absolute Gasteiger partial charge is 0.291 e. The summed E-state index contributed by atoms with van der Waals surface area (Å²) in [5.74, 6) is 0. The maximum absolute atomic E-state index is 8.36. The Balaban J connectivity index is -0.00000000300. The van der Waals surface area contributed by atoms with Gasteiger partial charge in [0.2, 0.25) is 0 Å². The van der Waals surface area contributed by atoms with Crippen LogP contribution in [0.1, 0.15) is 0 Å². The standard InChI is InChI=1S/HNO3.5H2O.Tm/c2-1(3)4;;;;;;/h(H,2,3,4);5*1H2;. The molecule has 0 amide bonds. The summed E-state index contributed by atoms with van der Waals surface area (Å²) < 4.78 is 0. The van der Waals surface area contributed by atoms with Crippen molar-refractivity contribution in [3.8, 4) is 0 Å². The Labute approximate surface area is 84.5 Å². The minimum absolute atomic E-state index is 0. The molecular weight excluding hydrogens is 311 g/mol. The van der Waals surface area contributed by atoms with Crippen LogP contribution < -0.4 is 0 Å². The zero-order chi connectivity index (χ0) is 3.58. The van der Waals surface area contributed by atoms with Gasteiger partial charge in [-0.15, -0.1) is 10.1 Å². The SMILES string of the molecule is O.O.O.O.O.O=[N+]([O-])O.[Tm]. The van der Waals surface area contributed by atoms with Gasteiger partial charge in [-0.25, -0.2) is 0 Å². The van der Waals surface area contributed by atoms with Crippen molar-refractivity contribution in [2.45, 2.75) is 0 Å². The third kappa shape index (κ3) is 7880. The normalized spacial score (nSPS) is 2.40. The topological polar surface area (TPSA) is 221 Å². The summed E-state index contributed by atoms with van der Waals surface area (Å²) in [4.78, 5) is 8.36. The quantitative estimate of drug-likeness (QED) is 0.344. The van der Waals surface area contributed by atoms with Crippen LogP contribution >= 0.6 is 0 Å². The van der Waals surface area contributed by atoms with Gasteiger partial charge in [-0.2, -0.15) is 0 Å². The van der Waals surface area contributed by atoms with Gasteiger partial charge in [0.25, 0.3) is 5.09 Å². The fraction of sp³-hybridized carbons (Fsp3) is 0. The molecule has 0 aromatic carbocycles. The fourth-order valence-electron chi connectivity index (χ4n) is 0. The molecule has 0 aromatic rings. The van der Waals surface area contributed by atoms with Crippen LogP contribution in [0.2, 0.25) is 0 Å². The van der Waals surface area contributed by atoms with Crippen LogP contribution in [0.3, 0.4) is 0 Å². The van der Waals surface area contributed by atoms with Crippen LogP contribution in [0, 0.1) is 47.0 Å². The van der Waals surface area contributed by atoms with E-state index in [0.717, 1.165) is 0 Å². The monoisotopic (exact) mass is 322 g/mol. The first-order valence-corrected chi connectivity index (χ1v) is 0.565. The molecule has 1 radical (unpaired) electrons. The van der Waals surface area contributed by atoms with Crippen molar-refractivity contribution in [2.75, 3.05) is 0 Å². The first-order valence-electron chi connectivity index (χ1n) is 0.565. The maximum Gasteiger partial charge on any atom is 0.291 e. The van der Waals surface area contributed by atoms with Crippen LogP contribution in [-0.2, 0) is 0 Å². The van der Waals surface area contributed by atoms with E-state index in [2.05, 4.69) is 0 Å². The molecule has 9 nitrogen and oxygen atoms in total. The van der Waals surface area contributed by atoms with Crippen molar-refractivity contribution in [3.05, 3.63) is 10.1 Å². The van der Waals surface area contributed by atoms with Crippen LogP contribution in [0.25, 0.3) is 0 Å². The summed E-state index contributed by atoms with van der Waals surface area (Å²) in [5.41, 5.74) is 0.